The van der Waals surface area contributed by atoms with Gasteiger partial charge < -0.3 is 5.32 Å². The Balaban J connectivity index is 1.36. The number of amides is 1. The number of nitrogens with zero attached hydrogens (tertiary/aromatic N) is 1. The van der Waals surface area contributed by atoms with Crippen molar-refractivity contribution in [3.05, 3.63) is 83.9 Å². The first-order valence-electron chi connectivity index (χ1n) is 8.84. The van der Waals surface area contributed by atoms with E-state index in [0.29, 0.717) is 0 Å². The van der Waals surface area contributed by atoms with E-state index in [2.05, 4.69) is 52.7 Å². The maximum atomic E-state index is 12.3. The van der Waals surface area contributed by atoms with Crippen molar-refractivity contribution in [2.75, 3.05) is 13.1 Å². The van der Waals surface area contributed by atoms with Gasteiger partial charge in [0.25, 0.3) is 5.91 Å². The standard InChI is InChI=1S/C22H22N2O/c25-22(19-7-2-1-3-8-19)23-21-12-13-24(16-21)15-17-10-11-18-6-4-5-9-20(18)14-17/h1-11,14,21H,12-13,15-16H2,(H,23,25)/t21-/m1/s1. The Morgan fingerprint density at radius 1 is 0.960 bits per heavy atom. The minimum absolute atomic E-state index is 0.0261. The van der Waals surface area contributed by atoms with Crippen LogP contribution in [0.1, 0.15) is 22.3 Å². The van der Waals surface area contributed by atoms with Crippen LogP contribution < -0.4 is 5.32 Å². The van der Waals surface area contributed by atoms with Crippen LogP contribution in [0.15, 0.2) is 72.8 Å². The molecule has 0 unspecified atom stereocenters. The molecular weight excluding hydrogens is 308 g/mol. The van der Waals surface area contributed by atoms with E-state index in [4.69, 9.17) is 0 Å². The molecule has 3 aromatic rings. The summed E-state index contributed by atoms with van der Waals surface area (Å²) in [5.41, 5.74) is 2.06. The molecule has 1 aliphatic heterocycles. The lowest BCUT2D eigenvalue weighted by atomic mass is 10.1. The van der Waals surface area contributed by atoms with Crippen molar-refractivity contribution in [3.63, 3.8) is 0 Å². The van der Waals surface area contributed by atoms with Crippen LogP contribution in [-0.4, -0.2) is 29.9 Å². The van der Waals surface area contributed by atoms with E-state index < -0.39 is 0 Å². The van der Waals surface area contributed by atoms with Crippen LogP contribution in [0.4, 0.5) is 0 Å². The topological polar surface area (TPSA) is 32.3 Å². The normalized spacial score (nSPS) is 17.7. The fraction of sp³-hybridized carbons (Fsp3) is 0.227. The Hall–Kier alpha value is -2.65. The summed E-state index contributed by atoms with van der Waals surface area (Å²) in [6.07, 6.45) is 1.01. The van der Waals surface area contributed by atoms with Gasteiger partial charge in [-0.25, -0.2) is 0 Å². The fourth-order valence-corrected chi connectivity index (χ4v) is 3.55. The zero-order chi connectivity index (χ0) is 17.1. The largest absolute Gasteiger partial charge is 0.348 e. The van der Waals surface area contributed by atoms with Crippen molar-refractivity contribution in [1.82, 2.24) is 10.2 Å². The first kappa shape index (κ1) is 15.9. The molecule has 0 spiro atoms. The molecule has 0 saturated carbocycles. The van der Waals surface area contributed by atoms with Crippen LogP contribution in [0.5, 0.6) is 0 Å². The zero-order valence-electron chi connectivity index (χ0n) is 14.2. The molecule has 3 heteroatoms. The van der Waals surface area contributed by atoms with Crippen molar-refractivity contribution in [2.45, 2.75) is 19.0 Å². The van der Waals surface area contributed by atoms with Crippen molar-refractivity contribution < 1.29 is 4.79 Å². The Kier molecular flexibility index (Phi) is 4.49. The van der Waals surface area contributed by atoms with Crippen LogP contribution >= 0.6 is 0 Å². The Bertz CT molecular complexity index is 875. The average Bonchev–Trinajstić information content (AvgIpc) is 3.09. The molecule has 1 amide bonds. The summed E-state index contributed by atoms with van der Waals surface area (Å²) in [5.74, 6) is 0.0261. The van der Waals surface area contributed by atoms with E-state index >= 15 is 0 Å². The molecule has 3 nitrogen and oxygen atoms in total. The van der Waals surface area contributed by atoms with Gasteiger partial charge in [-0.2, -0.15) is 0 Å². The number of hydrogen-bond donors (Lipinski definition) is 1. The van der Waals surface area contributed by atoms with Gasteiger partial charge in [0, 0.05) is 31.2 Å². The molecule has 1 aliphatic rings. The minimum Gasteiger partial charge on any atom is -0.348 e. The fourth-order valence-electron chi connectivity index (χ4n) is 3.55. The molecular formula is C22H22N2O. The number of likely N-dealkylation sites (tertiary alicyclic amines) is 1. The molecule has 126 valence electrons. The second-order valence-electron chi connectivity index (χ2n) is 6.74. The molecule has 4 rings (SSSR count). The van der Waals surface area contributed by atoms with E-state index in [0.717, 1.165) is 31.6 Å². The molecule has 0 aliphatic carbocycles. The number of carbonyl (C=O) groups excluding carboxylic acids is 1. The first-order valence-corrected chi connectivity index (χ1v) is 8.84. The van der Waals surface area contributed by atoms with Crippen LogP contribution in [0.25, 0.3) is 10.8 Å². The van der Waals surface area contributed by atoms with Gasteiger partial charge in [-0.1, -0.05) is 54.6 Å². The summed E-state index contributed by atoms with van der Waals surface area (Å²) >= 11 is 0. The molecule has 1 N–H and O–H groups in total. The molecule has 1 fully saturated rings. The van der Waals surface area contributed by atoms with Gasteiger partial charge >= 0.3 is 0 Å². The summed E-state index contributed by atoms with van der Waals surface area (Å²) in [6.45, 7) is 2.86. The van der Waals surface area contributed by atoms with Crippen molar-refractivity contribution in [3.8, 4) is 0 Å². The van der Waals surface area contributed by atoms with Crippen molar-refractivity contribution in [2.24, 2.45) is 0 Å². The predicted molar refractivity (Wildman–Crippen MR) is 102 cm³/mol. The third-order valence-corrected chi connectivity index (χ3v) is 4.86. The smallest absolute Gasteiger partial charge is 0.251 e. The summed E-state index contributed by atoms with van der Waals surface area (Å²) < 4.78 is 0. The zero-order valence-corrected chi connectivity index (χ0v) is 14.2. The highest BCUT2D eigenvalue weighted by molar-refractivity contribution is 5.94. The number of fused-ring (bicyclic) bond motifs is 1. The minimum atomic E-state index is 0.0261. The lowest BCUT2D eigenvalue weighted by Gasteiger charge is -2.17. The number of nitrogens with one attached hydrogen (secondary N) is 1. The second-order valence-corrected chi connectivity index (χ2v) is 6.74. The highest BCUT2D eigenvalue weighted by Crippen LogP contribution is 2.19. The van der Waals surface area contributed by atoms with Gasteiger partial charge in [0.1, 0.15) is 0 Å². The lowest BCUT2D eigenvalue weighted by Crippen LogP contribution is -2.36. The van der Waals surface area contributed by atoms with E-state index in [1.54, 1.807) is 0 Å². The number of rotatable bonds is 4. The van der Waals surface area contributed by atoms with Crippen LogP contribution in [-0.2, 0) is 6.54 Å². The molecule has 1 saturated heterocycles. The summed E-state index contributed by atoms with van der Waals surface area (Å²) in [6, 6.07) is 24.8. The number of carbonyl (C=O) groups is 1. The predicted octanol–water partition coefficient (Wildman–Crippen LogP) is 3.84. The first-order chi connectivity index (χ1) is 12.3. The lowest BCUT2D eigenvalue weighted by molar-refractivity contribution is 0.0937. The van der Waals surface area contributed by atoms with Crippen LogP contribution in [0, 0.1) is 0 Å². The third-order valence-electron chi connectivity index (χ3n) is 4.86. The van der Waals surface area contributed by atoms with Crippen molar-refractivity contribution in [1.29, 1.82) is 0 Å². The maximum Gasteiger partial charge on any atom is 0.251 e. The average molecular weight is 330 g/mol. The molecule has 0 bridgehead atoms. The third kappa shape index (κ3) is 3.72. The van der Waals surface area contributed by atoms with Crippen molar-refractivity contribution >= 4 is 16.7 Å². The molecule has 1 atom stereocenters. The Labute approximate surface area is 148 Å². The molecule has 0 radical (unpaired) electrons. The van der Waals surface area contributed by atoms with Gasteiger partial charge in [-0.05, 0) is 41.0 Å². The number of benzene rings is 3. The van der Waals surface area contributed by atoms with E-state index in [9.17, 15) is 4.79 Å². The Morgan fingerprint density at radius 3 is 2.56 bits per heavy atom. The molecule has 25 heavy (non-hydrogen) atoms. The van der Waals surface area contributed by atoms with Gasteiger partial charge in [0.2, 0.25) is 0 Å². The van der Waals surface area contributed by atoms with Gasteiger partial charge in [0.15, 0.2) is 0 Å². The van der Waals surface area contributed by atoms with Gasteiger partial charge in [0.05, 0.1) is 0 Å². The highest BCUT2D eigenvalue weighted by Gasteiger charge is 2.24. The SMILES string of the molecule is O=C(N[C@@H]1CCN(Cc2ccc3ccccc3c2)C1)c1ccccc1. The van der Waals surface area contributed by atoms with Gasteiger partial charge in [-0.3, -0.25) is 9.69 Å². The monoisotopic (exact) mass is 330 g/mol. The maximum absolute atomic E-state index is 12.3. The summed E-state index contributed by atoms with van der Waals surface area (Å²) in [7, 11) is 0. The van der Waals surface area contributed by atoms with E-state index in [1.807, 2.05) is 30.3 Å². The van der Waals surface area contributed by atoms with Gasteiger partial charge in [-0.15, -0.1) is 0 Å². The Morgan fingerprint density at radius 2 is 1.72 bits per heavy atom. The highest BCUT2D eigenvalue weighted by atomic mass is 16.1. The summed E-state index contributed by atoms with van der Waals surface area (Å²) in [4.78, 5) is 14.7. The van der Waals surface area contributed by atoms with E-state index in [1.165, 1.54) is 16.3 Å². The molecule has 0 aromatic heterocycles. The molecule has 3 aromatic carbocycles. The summed E-state index contributed by atoms with van der Waals surface area (Å²) in [5, 5.41) is 5.72. The van der Waals surface area contributed by atoms with E-state index in [-0.39, 0.29) is 11.9 Å². The number of hydrogen-bond acceptors (Lipinski definition) is 2. The molecule has 1 heterocycles. The van der Waals surface area contributed by atoms with Crippen LogP contribution in [0.2, 0.25) is 0 Å². The quantitative estimate of drug-likeness (QED) is 0.788. The second kappa shape index (κ2) is 7.08. The van der Waals surface area contributed by atoms with Crippen LogP contribution in [0.3, 0.4) is 0 Å².